The molecule has 116 valence electrons. The Hall–Kier alpha value is -0.790. The third kappa shape index (κ3) is 4.10. The van der Waals surface area contributed by atoms with Crippen molar-refractivity contribution in [2.75, 3.05) is 6.61 Å². The summed E-state index contributed by atoms with van der Waals surface area (Å²) in [6, 6.07) is 0. The molecule has 2 unspecified atom stereocenters. The molecule has 3 saturated carbocycles. The van der Waals surface area contributed by atoms with Gasteiger partial charge in [0.1, 0.15) is 0 Å². The Balaban J connectivity index is 0.000000200. The first-order valence-electron chi connectivity index (χ1n) is 8.00. The quantitative estimate of drug-likeness (QED) is 0.546. The number of allylic oxidation sites excluding steroid dienone is 1. The molecule has 0 heterocycles. The molecule has 0 saturated heterocycles. The lowest BCUT2D eigenvalue weighted by molar-refractivity contribution is -0.148. The summed E-state index contributed by atoms with van der Waals surface area (Å²) in [5, 5.41) is 0. The predicted molar refractivity (Wildman–Crippen MR) is 84.4 cm³/mol. The van der Waals surface area contributed by atoms with Crippen LogP contribution in [0.25, 0.3) is 0 Å². The lowest BCUT2D eigenvalue weighted by Gasteiger charge is -2.57. The van der Waals surface area contributed by atoms with Crippen LogP contribution in [-0.2, 0) is 9.53 Å². The molecule has 0 spiro atoms. The van der Waals surface area contributed by atoms with Crippen molar-refractivity contribution in [1.82, 2.24) is 0 Å². The number of fused-ring (bicyclic) bond motifs is 2. The van der Waals surface area contributed by atoms with E-state index in [2.05, 4.69) is 20.4 Å². The van der Waals surface area contributed by atoms with Crippen LogP contribution in [-0.4, -0.2) is 12.6 Å². The molecule has 3 fully saturated rings. The molecule has 0 aromatic carbocycles. The molecular formula is C18H32O2. The minimum atomic E-state index is -0.103. The van der Waals surface area contributed by atoms with Gasteiger partial charge in [-0.05, 0) is 42.4 Å². The van der Waals surface area contributed by atoms with E-state index in [0.29, 0.717) is 17.9 Å². The molecule has 2 atom stereocenters. The van der Waals surface area contributed by atoms with Gasteiger partial charge in [-0.15, -0.1) is 0 Å². The van der Waals surface area contributed by atoms with Crippen LogP contribution in [0.1, 0.15) is 60.8 Å². The first-order valence-corrected chi connectivity index (χ1v) is 8.00. The lowest BCUT2D eigenvalue weighted by Crippen LogP contribution is -2.48. The molecule has 3 aliphatic carbocycles. The fourth-order valence-electron chi connectivity index (χ4n) is 3.15. The van der Waals surface area contributed by atoms with Gasteiger partial charge in [0.2, 0.25) is 0 Å². The first kappa shape index (κ1) is 17.3. The van der Waals surface area contributed by atoms with E-state index in [9.17, 15) is 4.79 Å². The van der Waals surface area contributed by atoms with Crippen molar-refractivity contribution in [2.24, 2.45) is 29.1 Å². The molecule has 3 aliphatic rings. The normalized spacial score (nSPS) is 26.7. The monoisotopic (exact) mass is 280 g/mol. The molecule has 2 nitrogen and oxygen atoms in total. The van der Waals surface area contributed by atoms with E-state index >= 15 is 0 Å². The highest BCUT2D eigenvalue weighted by atomic mass is 16.5. The Morgan fingerprint density at radius 3 is 2.25 bits per heavy atom. The van der Waals surface area contributed by atoms with Gasteiger partial charge in [-0.1, -0.05) is 53.7 Å². The van der Waals surface area contributed by atoms with Crippen LogP contribution in [0.3, 0.4) is 0 Å². The van der Waals surface area contributed by atoms with Gasteiger partial charge in [0.15, 0.2) is 0 Å². The number of ether oxygens (including phenoxy) is 1. The average molecular weight is 280 g/mol. The van der Waals surface area contributed by atoms with Gasteiger partial charge in [-0.3, -0.25) is 4.79 Å². The molecule has 0 N–H and O–H groups in total. The fourth-order valence-corrected chi connectivity index (χ4v) is 3.15. The number of hydrogen-bond acceptors (Lipinski definition) is 2. The van der Waals surface area contributed by atoms with E-state index in [1.165, 1.54) is 24.8 Å². The molecule has 0 aromatic heterocycles. The van der Waals surface area contributed by atoms with Crippen molar-refractivity contribution in [3.05, 3.63) is 12.2 Å². The molecule has 2 bridgehead atoms. The average Bonchev–Trinajstić information content (AvgIpc) is 2.36. The molecule has 2 heteroatoms. The maximum Gasteiger partial charge on any atom is 0.308 e. The minimum Gasteiger partial charge on any atom is -0.465 e. The van der Waals surface area contributed by atoms with E-state index in [1.54, 1.807) is 0 Å². The number of rotatable bonds is 3. The van der Waals surface area contributed by atoms with E-state index < -0.39 is 0 Å². The van der Waals surface area contributed by atoms with Gasteiger partial charge in [-0.2, -0.15) is 0 Å². The zero-order valence-corrected chi connectivity index (χ0v) is 14.2. The smallest absolute Gasteiger partial charge is 0.308 e. The SMILES string of the molecule is C=C1CCC2CC1C2(C)C.CC(C)COC(=O)C(C)C. The van der Waals surface area contributed by atoms with Gasteiger partial charge < -0.3 is 4.74 Å². The summed E-state index contributed by atoms with van der Waals surface area (Å²) in [5.41, 5.74) is 2.13. The second-order valence-corrected chi connectivity index (χ2v) is 7.68. The third-order valence-electron chi connectivity index (χ3n) is 4.81. The van der Waals surface area contributed by atoms with Crippen molar-refractivity contribution in [3.63, 3.8) is 0 Å². The Kier molecular flexibility index (Phi) is 5.85. The minimum absolute atomic E-state index is 0.00116. The van der Waals surface area contributed by atoms with Gasteiger partial charge in [0, 0.05) is 0 Å². The number of carbonyl (C=O) groups is 1. The Labute approximate surface area is 125 Å². The van der Waals surface area contributed by atoms with Crippen LogP contribution in [0.4, 0.5) is 0 Å². The van der Waals surface area contributed by atoms with Crippen molar-refractivity contribution < 1.29 is 9.53 Å². The lowest BCUT2D eigenvalue weighted by atomic mass is 9.47. The maximum absolute atomic E-state index is 10.8. The molecule has 20 heavy (non-hydrogen) atoms. The van der Waals surface area contributed by atoms with Crippen LogP contribution in [0, 0.1) is 29.1 Å². The first-order chi connectivity index (χ1) is 9.16. The van der Waals surface area contributed by atoms with E-state index in [-0.39, 0.29) is 11.9 Å². The molecule has 0 radical (unpaired) electrons. The van der Waals surface area contributed by atoms with Crippen LogP contribution >= 0.6 is 0 Å². The summed E-state index contributed by atoms with van der Waals surface area (Å²) in [5.74, 6) is 2.21. The second-order valence-electron chi connectivity index (χ2n) is 7.68. The van der Waals surface area contributed by atoms with Crippen LogP contribution in [0.2, 0.25) is 0 Å². The van der Waals surface area contributed by atoms with Gasteiger partial charge in [-0.25, -0.2) is 0 Å². The van der Waals surface area contributed by atoms with Gasteiger partial charge in [0.25, 0.3) is 0 Å². The Morgan fingerprint density at radius 1 is 1.35 bits per heavy atom. The molecular weight excluding hydrogens is 248 g/mol. The van der Waals surface area contributed by atoms with Crippen LogP contribution < -0.4 is 0 Å². The second kappa shape index (κ2) is 6.78. The van der Waals surface area contributed by atoms with E-state index in [1.807, 2.05) is 27.7 Å². The van der Waals surface area contributed by atoms with E-state index in [0.717, 1.165) is 11.8 Å². The highest BCUT2D eigenvalue weighted by Gasteiger charge is 2.51. The van der Waals surface area contributed by atoms with Crippen LogP contribution in [0.5, 0.6) is 0 Å². The summed E-state index contributed by atoms with van der Waals surface area (Å²) < 4.78 is 4.93. The molecule has 0 aliphatic heterocycles. The largest absolute Gasteiger partial charge is 0.465 e. The topological polar surface area (TPSA) is 26.3 Å². The maximum atomic E-state index is 10.8. The summed E-state index contributed by atoms with van der Waals surface area (Å²) >= 11 is 0. The summed E-state index contributed by atoms with van der Waals surface area (Å²) in [6.07, 6.45) is 4.15. The number of hydrogen-bond donors (Lipinski definition) is 0. The number of esters is 1. The summed E-state index contributed by atoms with van der Waals surface area (Å²) in [6.45, 7) is 17.2. The highest BCUT2D eigenvalue weighted by Crippen LogP contribution is 2.60. The van der Waals surface area contributed by atoms with Crippen molar-refractivity contribution >= 4 is 5.97 Å². The fraction of sp³-hybridized carbons (Fsp3) is 0.833. The zero-order chi connectivity index (χ0) is 15.5. The van der Waals surface area contributed by atoms with Crippen molar-refractivity contribution in [2.45, 2.75) is 60.8 Å². The highest BCUT2D eigenvalue weighted by molar-refractivity contribution is 5.71. The van der Waals surface area contributed by atoms with Crippen molar-refractivity contribution in [3.8, 4) is 0 Å². The molecule has 0 aromatic rings. The van der Waals surface area contributed by atoms with Gasteiger partial charge in [0.05, 0.1) is 12.5 Å². The molecule has 0 amide bonds. The van der Waals surface area contributed by atoms with Crippen molar-refractivity contribution in [1.29, 1.82) is 0 Å². The predicted octanol–water partition coefficient (Wildman–Crippen LogP) is 4.84. The third-order valence-corrected chi connectivity index (χ3v) is 4.81. The van der Waals surface area contributed by atoms with Crippen LogP contribution in [0.15, 0.2) is 12.2 Å². The standard InChI is InChI=1S/C10H16.C8H16O2/c1-7-4-5-8-6-9(7)10(8,2)3;1-6(2)5-10-8(9)7(3)4/h8-9H,1,4-6H2,2-3H3;6-7H,5H2,1-4H3. The Morgan fingerprint density at radius 2 is 1.95 bits per heavy atom. The molecule has 3 rings (SSSR count). The Bertz CT molecular complexity index is 350. The van der Waals surface area contributed by atoms with Gasteiger partial charge >= 0.3 is 5.97 Å². The van der Waals surface area contributed by atoms with E-state index in [4.69, 9.17) is 4.74 Å². The number of carbonyl (C=O) groups excluding carboxylic acids is 1. The summed E-state index contributed by atoms with van der Waals surface area (Å²) in [7, 11) is 0. The summed E-state index contributed by atoms with van der Waals surface area (Å²) in [4.78, 5) is 10.8. The zero-order valence-electron chi connectivity index (χ0n) is 14.2.